The number of carbonyl (C=O) groups excluding carboxylic acids is 2. The van der Waals surface area contributed by atoms with Crippen LogP contribution in [0.3, 0.4) is 0 Å². The Labute approximate surface area is 135 Å². The van der Waals surface area contributed by atoms with E-state index in [1.54, 1.807) is 0 Å². The number of hydrogen-bond donors (Lipinski definition) is 4. The summed E-state index contributed by atoms with van der Waals surface area (Å²) in [4.78, 5) is 35.9. The van der Waals surface area contributed by atoms with Gasteiger partial charge in [0.05, 0.1) is 6.61 Å². The number of ether oxygens (including phenoxy) is 1. The Kier molecular flexibility index (Phi) is 3.80. The van der Waals surface area contributed by atoms with Gasteiger partial charge < -0.3 is 25.8 Å². The van der Waals surface area contributed by atoms with Gasteiger partial charge in [-0.1, -0.05) is 6.08 Å². The molecule has 3 aliphatic heterocycles. The van der Waals surface area contributed by atoms with E-state index in [0.29, 0.717) is 0 Å². The molecule has 128 valence electrons. The van der Waals surface area contributed by atoms with E-state index in [-0.39, 0.29) is 23.9 Å². The van der Waals surface area contributed by atoms with Crippen LogP contribution in [0.5, 0.6) is 0 Å². The topological polar surface area (TPSA) is 170 Å². The number of nitrogens with zero attached hydrogens (tertiary/aromatic N) is 4. The molecule has 0 aromatic rings. The van der Waals surface area contributed by atoms with Crippen molar-refractivity contribution in [3.05, 3.63) is 12.7 Å². The van der Waals surface area contributed by atoms with E-state index < -0.39 is 42.6 Å². The molecule has 0 unspecified atom stereocenters. The normalized spacial score (nSPS) is 35.5. The van der Waals surface area contributed by atoms with Gasteiger partial charge in [-0.15, -0.1) is 6.58 Å². The number of carbonyl (C=O) groups is 2. The van der Waals surface area contributed by atoms with Crippen LogP contribution in [-0.2, 0) is 9.53 Å². The molecule has 3 heterocycles. The summed E-state index contributed by atoms with van der Waals surface area (Å²) in [5.74, 6) is -1.47. The molecule has 0 bridgehead atoms. The summed E-state index contributed by atoms with van der Waals surface area (Å²) in [6.45, 7) is 2.95. The van der Waals surface area contributed by atoms with E-state index in [9.17, 15) is 24.9 Å². The number of aliphatic hydroxyl groups excluding tert-OH is 3. The van der Waals surface area contributed by atoms with E-state index in [0.717, 1.165) is 4.90 Å². The van der Waals surface area contributed by atoms with Gasteiger partial charge in [-0.3, -0.25) is 4.79 Å². The van der Waals surface area contributed by atoms with Gasteiger partial charge in [-0.05, 0) is 0 Å². The van der Waals surface area contributed by atoms with Crippen molar-refractivity contribution in [1.82, 2.24) is 4.90 Å². The van der Waals surface area contributed by atoms with Crippen molar-refractivity contribution < 1.29 is 29.6 Å². The Hall–Kier alpha value is -2.47. The smallest absolute Gasteiger partial charge is 0.352 e. The number of aliphatic hydroxyl groups is 3. The zero-order valence-electron chi connectivity index (χ0n) is 12.4. The van der Waals surface area contributed by atoms with Crippen LogP contribution in [0, 0.1) is 0 Å². The fourth-order valence-corrected chi connectivity index (χ4v) is 2.94. The highest BCUT2D eigenvalue weighted by Crippen LogP contribution is 2.40. The van der Waals surface area contributed by atoms with Crippen LogP contribution in [0.25, 0.3) is 0 Å². The average molecular weight is 337 g/mol. The minimum Gasteiger partial charge on any atom is -0.394 e. The van der Waals surface area contributed by atoms with Crippen LogP contribution >= 0.6 is 0 Å². The van der Waals surface area contributed by atoms with Crippen molar-refractivity contribution in [2.75, 3.05) is 6.61 Å². The summed E-state index contributed by atoms with van der Waals surface area (Å²) in [7, 11) is 0. The summed E-state index contributed by atoms with van der Waals surface area (Å²) in [6, 6.07) is -0.936. The predicted molar refractivity (Wildman–Crippen MR) is 80.3 cm³/mol. The minimum absolute atomic E-state index is 0.124. The first-order valence-corrected chi connectivity index (χ1v) is 7.02. The molecule has 0 radical (unpaired) electrons. The lowest BCUT2D eigenvalue weighted by molar-refractivity contribution is -0.143. The lowest BCUT2D eigenvalue weighted by Gasteiger charge is -2.39. The zero-order valence-corrected chi connectivity index (χ0v) is 12.4. The molecule has 11 nitrogen and oxygen atoms in total. The number of guanidine groups is 1. The number of nitrogens with two attached hydrogens (primary N) is 1. The third kappa shape index (κ3) is 2.10. The van der Waals surface area contributed by atoms with Gasteiger partial charge in [0, 0.05) is 6.42 Å². The molecule has 3 aliphatic rings. The molecule has 24 heavy (non-hydrogen) atoms. The van der Waals surface area contributed by atoms with Gasteiger partial charge in [0.1, 0.15) is 18.3 Å². The molecule has 11 heteroatoms. The van der Waals surface area contributed by atoms with Crippen molar-refractivity contribution in [3.63, 3.8) is 0 Å². The average Bonchev–Trinajstić information content (AvgIpc) is 2.98. The maximum atomic E-state index is 12.4. The maximum Gasteiger partial charge on any atom is 0.352 e. The maximum absolute atomic E-state index is 12.4. The number of fused-ring (bicyclic) bond motifs is 1. The number of amidine groups is 1. The van der Waals surface area contributed by atoms with E-state index in [1.807, 2.05) is 0 Å². The molecule has 0 aromatic heterocycles. The van der Waals surface area contributed by atoms with Crippen molar-refractivity contribution in [3.8, 4) is 0 Å². The molecular formula is C13H15N5O6. The fraction of sp³-hybridized carbons (Fsp3) is 0.462. The summed E-state index contributed by atoms with van der Waals surface area (Å²) < 4.78 is 5.57. The van der Waals surface area contributed by atoms with Gasteiger partial charge >= 0.3 is 11.9 Å². The summed E-state index contributed by atoms with van der Waals surface area (Å²) >= 11 is 0. The Morgan fingerprint density at radius 2 is 2.04 bits per heavy atom. The minimum atomic E-state index is -1.84. The van der Waals surface area contributed by atoms with Crippen LogP contribution in [0.1, 0.15) is 6.42 Å². The van der Waals surface area contributed by atoms with Gasteiger partial charge in [0.15, 0.2) is 17.3 Å². The predicted octanol–water partition coefficient (Wildman–Crippen LogP) is -2.50. The van der Waals surface area contributed by atoms with Gasteiger partial charge in [0.25, 0.3) is 0 Å². The Morgan fingerprint density at radius 3 is 2.62 bits per heavy atom. The number of rotatable bonds is 4. The molecule has 0 aliphatic carbocycles. The number of amides is 3. The quantitative estimate of drug-likeness (QED) is 0.411. The lowest BCUT2D eigenvalue weighted by Crippen LogP contribution is -2.60. The first-order chi connectivity index (χ1) is 11.4. The SMILES string of the molecule is C=CC[C@@]1(N2C(=O)N=C3C(=O)N=C(N)N=C32)O[C@H](CO)[C@@H](O)[C@H]1O. The van der Waals surface area contributed by atoms with Crippen LogP contribution in [0.4, 0.5) is 4.79 Å². The number of urea groups is 1. The summed E-state index contributed by atoms with van der Waals surface area (Å²) in [6.07, 6.45) is -3.01. The third-order valence-electron chi connectivity index (χ3n) is 3.98. The van der Waals surface area contributed by atoms with E-state index in [2.05, 4.69) is 21.6 Å². The molecule has 0 aromatic carbocycles. The van der Waals surface area contributed by atoms with Gasteiger partial charge in [-0.25, -0.2) is 9.69 Å². The third-order valence-corrected chi connectivity index (χ3v) is 3.98. The van der Waals surface area contributed by atoms with Crippen LogP contribution < -0.4 is 5.73 Å². The molecule has 5 N–H and O–H groups in total. The Bertz CT molecular complexity index is 716. The molecule has 1 saturated heterocycles. The van der Waals surface area contributed by atoms with Crippen LogP contribution in [0.15, 0.2) is 27.6 Å². The molecule has 4 atom stereocenters. The summed E-state index contributed by atoms with van der Waals surface area (Å²) in [5, 5.41) is 29.8. The summed E-state index contributed by atoms with van der Waals surface area (Å²) in [5.41, 5.74) is 3.28. The highest BCUT2D eigenvalue weighted by atomic mass is 16.6. The largest absolute Gasteiger partial charge is 0.394 e. The molecule has 3 amide bonds. The fourth-order valence-electron chi connectivity index (χ4n) is 2.94. The number of aliphatic imine (C=N–C) groups is 3. The number of hydrogen-bond acceptors (Lipinski definition) is 8. The first kappa shape index (κ1) is 16.4. The lowest BCUT2D eigenvalue weighted by atomic mass is 9.97. The highest BCUT2D eigenvalue weighted by Gasteiger charge is 2.61. The first-order valence-electron chi connectivity index (χ1n) is 7.02. The van der Waals surface area contributed by atoms with Crippen molar-refractivity contribution in [2.24, 2.45) is 20.7 Å². The molecular weight excluding hydrogens is 322 g/mol. The Balaban J connectivity index is 2.11. The van der Waals surface area contributed by atoms with E-state index >= 15 is 0 Å². The monoisotopic (exact) mass is 337 g/mol. The Morgan fingerprint density at radius 1 is 1.33 bits per heavy atom. The van der Waals surface area contributed by atoms with Crippen LogP contribution in [0.2, 0.25) is 0 Å². The second kappa shape index (κ2) is 5.56. The van der Waals surface area contributed by atoms with Crippen molar-refractivity contribution >= 4 is 29.4 Å². The molecule has 0 saturated carbocycles. The molecule has 3 rings (SSSR count). The second-order valence-electron chi connectivity index (χ2n) is 5.40. The van der Waals surface area contributed by atoms with E-state index in [1.165, 1.54) is 6.08 Å². The van der Waals surface area contributed by atoms with E-state index in [4.69, 9.17) is 10.5 Å². The molecule has 0 spiro atoms. The molecule has 1 fully saturated rings. The highest BCUT2D eigenvalue weighted by molar-refractivity contribution is 6.72. The standard InChI is InChI=1S/C13H15N5O6/c1-2-3-13(8(21)7(20)5(4-19)24-13)18-9-6(15-12(18)23)10(22)17-11(14)16-9/h2,5,7-8,19-21H,1,3-4H2,(H2,14,17,22)/t5-,7-,8-,13-/m1/s1. The van der Waals surface area contributed by atoms with Gasteiger partial charge in [-0.2, -0.15) is 15.0 Å². The van der Waals surface area contributed by atoms with Gasteiger partial charge in [0.2, 0.25) is 5.96 Å². The zero-order chi connectivity index (χ0) is 17.6. The van der Waals surface area contributed by atoms with Crippen LogP contribution in [-0.4, -0.2) is 80.3 Å². The van der Waals surface area contributed by atoms with Crippen molar-refractivity contribution in [2.45, 2.75) is 30.5 Å². The van der Waals surface area contributed by atoms with Crippen molar-refractivity contribution in [1.29, 1.82) is 0 Å². The second-order valence-corrected chi connectivity index (χ2v) is 5.40.